The Morgan fingerprint density at radius 3 is 2.48 bits per heavy atom. The number of hydrogen-bond acceptors (Lipinski definition) is 4. The van der Waals surface area contributed by atoms with E-state index < -0.39 is 5.91 Å². The van der Waals surface area contributed by atoms with E-state index in [2.05, 4.69) is 15.5 Å². The van der Waals surface area contributed by atoms with Gasteiger partial charge < -0.3 is 4.74 Å². The number of pyridine rings is 1. The lowest BCUT2D eigenvalue weighted by atomic mass is 10.2. The first kappa shape index (κ1) is 21.1. The molecule has 0 aliphatic rings. The Morgan fingerprint density at radius 1 is 1.14 bits per heavy atom. The number of nitrogens with one attached hydrogen (secondary N) is 1. The summed E-state index contributed by atoms with van der Waals surface area (Å²) in [6.45, 7) is 2.36. The Kier molecular flexibility index (Phi) is 7.09. The molecule has 0 bridgehead atoms. The van der Waals surface area contributed by atoms with Crippen LogP contribution in [0.1, 0.15) is 27.0 Å². The summed E-state index contributed by atoms with van der Waals surface area (Å²) in [6, 6.07) is 14.4. The predicted octanol–water partition coefficient (Wildman–Crippen LogP) is 5.69. The molecule has 1 heterocycles. The molecule has 3 rings (SSSR count). The smallest absolute Gasteiger partial charge is 0.274 e. The summed E-state index contributed by atoms with van der Waals surface area (Å²) in [6.07, 6.45) is 2.92. The molecule has 0 saturated carbocycles. The van der Waals surface area contributed by atoms with Crippen molar-refractivity contribution in [2.45, 2.75) is 13.5 Å². The van der Waals surface area contributed by atoms with E-state index in [0.717, 1.165) is 5.56 Å². The highest BCUT2D eigenvalue weighted by Gasteiger charge is 2.11. The summed E-state index contributed by atoms with van der Waals surface area (Å²) in [7, 11) is 0. The molecule has 3 aromatic rings. The van der Waals surface area contributed by atoms with Crippen molar-refractivity contribution in [1.82, 2.24) is 10.4 Å². The highest BCUT2D eigenvalue weighted by Crippen LogP contribution is 2.34. The van der Waals surface area contributed by atoms with Gasteiger partial charge in [-0.1, -0.05) is 64.6 Å². The number of rotatable bonds is 6. The van der Waals surface area contributed by atoms with Crippen LogP contribution in [-0.2, 0) is 6.61 Å². The third-order valence-electron chi connectivity index (χ3n) is 3.91. The van der Waals surface area contributed by atoms with Gasteiger partial charge >= 0.3 is 0 Å². The molecule has 0 saturated heterocycles. The number of amides is 1. The monoisotopic (exact) mass is 447 g/mol. The van der Waals surface area contributed by atoms with E-state index in [0.29, 0.717) is 28.0 Å². The number of carbonyl (C=O) groups is 1. The minimum atomic E-state index is -0.477. The van der Waals surface area contributed by atoms with E-state index in [1.807, 2.05) is 31.2 Å². The van der Waals surface area contributed by atoms with Crippen LogP contribution in [0.15, 0.2) is 59.8 Å². The van der Waals surface area contributed by atoms with Gasteiger partial charge in [-0.15, -0.1) is 0 Å². The second-order valence-electron chi connectivity index (χ2n) is 6.13. The van der Waals surface area contributed by atoms with Gasteiger partial charge in [0.25, 0.3) is 5.91 Å². The van der Waals surface area contributed by atoms with E-state index in [-0.39, 0.29) is 10.7 Å². The summed E-state index contributed by atoms with van der Waals surface area (Å²) in [5.74, 6) is -0.0909. The van der Waals surface area contributed by atoms with Gasteiger partial charge in [0.2, 0.25) is 0 Å². The van der Waals surface area contributed by atoms with Crippen LogP contribution in [0, 0.1) is 6.92 Å². The molecular formula is C21H16Cl3N3O2. The van der Waals surface area contributed by atoms with Crippen LogP contribution >= 0.6 is 34.8 Å². The van der Waals surface area contributed by atoms with Gasteiger partial charge in [0.05, 0.1) is 21.8 Å². The maximum Gasteiger partial charge on any atom is 0.274 e. The first-order valence-corrected chi connectivity index (χ1v) is 9.69. The van der Waals surface area contributed by atoms with Crippen LogP contribution in [-0.4, -0.2) is 17.1 Å². The third kappa shape index (κ3) is 5.70. The van der Waals surface area contributed by atoms with Gasteiger partial charge in [-0.05, 0) is 42.3 Å². The zero-order valence-electron chi connectivity index (χ0n) is 15.3. The average molecular weight is 449 g/mol. The molecule has 29 heavy (non-hydrogen) atoms. The fraction of sp³-hybridized carbons (Fsp3) is 0.0952. The zero-order chi connectivity index (χ0) is 20.8. The third-order valence-corrected chi connectivity index (χ3v) is 4.77. The van der Waals surface area contributed by atoms with Gasteiger partial charge in [0, 0.05) is 6.20 Å². The Bertz CT molecular complexity index is 1030. The van der Waals surface area contributed by atoms with Crippen LogP contribution in [0.5, 0.6) is 5.75 Å². The fourth-order valence-corrected chi connectivity index (χ4v) is 3.23. The van der Waals surface area contributed by atoms with Crippen molar-refractivity contribution in [1.29, 1.82) is 0 Å². The summed E-state index contributed by atoms with van der Waals surface area (Å²) >= 11 is 18.5. The Balaban J connectivity index is 1.65. The zero-order valence-corrected chi connectivity index (χ0v) is 17.6. The summed E-state index contributed by atoms with van der Waals surface area (Å²) < 4.78 is 5.76. The molecule has 148 valence electrons. The fourth-order valence-electron chi connectivity index (χ4n) is 2.41. The standard InChI is InChI=1S/C21H16Cl3N3O2/c1-13-4-6-14(7-5-13)12-29-19-17(22)9-15(10-18(19)23)11-26-27-21(28)16-3-2-8-25-20(16)24/h2-11H,12H2,1H3,(H,27,28). The maximum atomic E-state index is 12.1. The van der Waals surface area contributed by atoms with Crippen molar-refractivity contribution in [2.24, 2.45) is 5.10 Å². The second kappa shape index (κ2) is 9.74. The van der Waals surface area contributed by atoms with E-state index in [1.165, 1.54) is 18.0 Å². The van der Waals surface area contributed by atoms with Crippen molar-refractivity contribution in [3.63, 3.8) is 0 Å². The molecule has 2 aromatic carbocycles. The van der Waals surface area contributed by atoms with Crippen molar-refractivity contribution in [3.05, 3.63) is 92.2 Å². The van der Waals surface area contributed by atoms with Crippen LogP contribution in [0.3, 0.4) is 0 Å². The van der Waals surface area contributed by atoms with E-state index in [1.54, 1.807) is 24.3 Å². The van der Waals surface area contributed by atoms with Gasteiger partial charge in [-0.2, -0.15) is 5.10 Å². The van der Waals surface area contributed by atoms with Crippen molar-refractivity contribution in [2.75, 3.05) is 0 Å². The molecule has 1 N–H and O–H groups in total. The van der Waals surface area contributed by atoms with Gasteiger partial charge in [0.15, 0.2) is 5.75 Å². The van der Waals surface area contributed by atoms with Crippen LogP contribution < -0.4 is 10.2 Å². The molecule has 5 nitrogen and oxygen atoms in total. The molecule has 1 aromatic heterocycles. The van der Waals surface area contributed by atoms with Crippen molar-refractivity contribution >= 4 is 46.9 Å². The van der Waals surface area contributed by atoms with Gasteiger partial charge in [-0.25, -0.2) is 10.4 Å². The first-order valence-electron chi connectivity index (χ1n) is 8.55. The molecule has 0 aliphatic heterocycles. The van der Waals surface area contributed by atoms with E-state index >= 15 is 0 Å². The molecule has 8 heteroatoms. The highest BCUT2D eigenvalue weighted by atomic mass is 35.5. The second-order valence-corrected chi connectivity index (χ2v) is 7.30. The number of aryl methyl sites for hydroxylation is 1. The lowest BCUT2D eigenvalue weighted by Gasteiger charge is -2.11. The highest BCUT2D eigenvalue weighted by molar-refractivity contribution is 6.37. The predicted molar refractivity (Wildman–Crippen MR) is 116 cm³/mol. The summed E-state index contributed by atoms with van der Waals surface area (Å²) in [4.78, 5) is 15.9. The number of benzene rings is 2. The van der Waals surface area contributed by atoms with E-state index in [9.17, 15) is 4.79 Å². The maximum absolute atomic E-state index is 12.1. The lowest BCUT2D eigenvalue weighted by Crippen LogP contribution is -2.18. The molecule has 1 amide bonds. The Morgan fingerprint density at radius 2 is 1.83 bits per heavy atom. The number of ether oxygens (including phenoxy) is 1. The first-order chi connectivity index (χ1) is 13.9. The quantitative estimate of drug-likeness (QED) is 0.299. The average Bonchev–Trinajstić information content (AvgIpc) is 2.69. The molecule has 0 unspecified atom stereocenters. The number of hydrogen-bond donors (Lipinski definition) is 1. The van der Waals surface area contributed by atoms with Gasteiger partial charge in [0.1, 0.15) is 11.8 Å². The molecule has 0 atom stereocenters. The van der Waals surface area contributed by atoms with Crippen LogP contribution in [0.4, 0.5) is 0 Å². The minimum absolute atomic E-state index is 0.0985. The van der Waals surface area contributed by atoms with Crippen LogP contribution in [0.2, 0.25) is 15.2 Å². The van der Waals surface area contributed by atoms with Crippen molar-refractivity contribution < 1.29 is 9.53 Å². The number of aromatic nitrogens is 1. The van der Waals surface area contributed by atoms with Crippen molar-refractivity contribution in [3.8, 4) is 5.75 Å². The van der Waals surface area contributed by atoms with Gasteiger partial charge in [-0.3, -0.25) is 4.79 Å². The Labute approximate surface area is 183 Å². The molecule has 0 aliphatic carbocycles. The largest absolute Gasteiger partial charge is 0.486 e. The minimum Gasteiger partial charge on any atom is -0.486 e. The normalized spacial score (nSPS) is 10.9. The Hall–Kier alpha value is -2.60. The molecule has 0 spiro atoms. The summed E-state index contributed by atoms with van der Waals surface area (Å²) in [5.41, 5.74) is 5.38. The molecule has 0 radical (unpaired) electrons. The number of nitrogens with zero attached hydrogens (tertiary/aromatic N) is 2. The molecule has 0 fully saturated rings. The lowest BCUT2D eigenvalue weighted by molar-refractivity contribution is 0.0955. The molecular weight excluding hydrogens is 433 g/mol. The number of halogens is 3. The number of hydrazone groups is 1. The van der Waals surface area contributed by atoms with Crippen LogP contribution in [0.25, 0.3) is 0 Å². The SMILES string of the molecule is Cc1ccc(COc2c(Cl)cc(C=NNC(=O)c3cccnc3Cl)cc2Cl)cc1. The number of carbonyl (C=O) groups excluding carboxylic acids is 1. The van der Waals surface area contributed by atoms with E-state index in [4.69, 9.17) is 39.5 Å². The summed E-state index contributed by atoms with van der Waals surface area (Å²) in [5, 5.41) is 4.68. The topological polar surface area (TPSA) is 63.6 Å².